The van der Waals surface area contributed by atoms with Crippen molar-refractivity contribution in [3.8, 4) is 0 Å². The molecule has 1 unspecified atom stereocenters. The van der Waals surface area contributed by atoms with Crippen LogP contribution in [0.3, 0.4) is 0 Å². The van der Waals surface area contributed by atoms with Gasteiger partial charge in [-0.25, -0.2) is 0 Å². The first-order valence-electron chi connectivity index (χ1n) is 6.86. The summed E-state index contributed by atoms with van der Waals surface area (Å²) in [5.74, 6) is -0.343. The van der Waals surface area contributed by atoms with Gasteiger partial charge in [-0.1, -0.05) is 48.0 Å². The van der Waals surface area contributed by atoms with Gasteiger partial charge in [0.1, 0.15) is 0 Å². The summed E-state index contributed by atoms with van der Waals surface area (Å²) < 4.78 is 29.5. The lowest BCUT2D eigenvalue weighted by Gasteiger charge is -2.37. The van der Waals surface area contributed by atoms with Gasteiger partial charge in [0.2, 0.25) is 5.91 Å². The predicted molar refractivity (Wildman–Crippen MR) is 80.1 cm³/mol. The molecule has 22 heavy (non-hydrogen) atoms. The molecule has 0 N–H and O–H groups in total. The van der Waals surface area contributed by atoms with Crippen molar-refractivity contribution in [3.05, 3.63) is 65.7 Å². The maximum Gasteiger partial charge on any atom is 0.317 e. The second-order valence-electron chi connectivity index (χ2n) is 5.19. The number of rotatable bonds is 4. The van der Waals surface area contributed by atoms with E-state index in [9.17, 15) is 13.2 Å². The first-order valence-corrected chi connectivity index (χ1v) is 8.26. The zero-order valence-electron chi connectivity index (χ0n) is 12.0. The standard InChI is InChI=1S/C16H15NO4S/c1-12-7-9-14(10-8-12)22(19,20)21-17-15(11-16(17)18)13-5-3-2-4-6-13/h2-10,15H,11H2,1H3. The third kappa shape index (κ3) is 2.75. The molecule has 1 amide bonds. The molecule has 0 aliphatic carbocycles. The first kappa shape index (κ1) is 14.7. The van der Waals surface area contributed by atoms with Crippen molar-refractivity contribution in [2.24, 2.45) is 0 Å². The zero-order valence-corrected chi connectivity index (χ0v) is 12.8. The van der Waals surface area contributed by atoms with Crippen molar-refractivity contribution in [1.82, 2.24) is 5.06 Å². The molecule has 0 radical (unpaired) electrons. The van der Waals surface area contributed by atoms with Gasteiger partial charge in [-0.05, 0) is 24.6 Å². The molecule has 2 aromatic rings. The van der Waals surface area contributed by atoms with E-state index in [2.05, 4.69) is 0 Å². The van der Waals surface area contributed by atoms with Gasteiger partial charge in [0.15, 0.2) is 0 Å². The minimum atomic E-state index is -4.01. The Morgan fingerprint density at radius 2 is 1.68 bits per heavy atom. The summed E-state index contributed by atoms with van der Waals surface area (Å²) in [4.78, 5) is 11.7. The SMILES string of the molecule is Cc1ccc(S(=O)(=O)ON2C(=O)CC2c2ccccc2)cc1. The molecule has 1 aliphatic rings. The van der Waals surface area contributed by atoms with Crippen LogP contribution in [0.15, 0.2) is 59.5 Å². The number of carbonyl (C=O) groups excluding carboxylic acids is 1. The van der Waals surface area contributed by atoms with E-state index >= 15 is 0 Å². The summed E-state index contributed by atoms with van der Waals surface area (Å²) in [6.07, 6.45) is 0.243. The second kappa shape index (κ2) is 5.55. The van der Waals surface area contributed by atoms with Crippen molar-refractivity contribution in [2.75, 3.05) is 0 Å². The van der Waals surface area contributed by atoms with Gasteiger partial charge in [-0.15, -0.1) is 4.28 Å². The first-order chi connectivity index (χ1) is 10.5. The number of benzene rings is 2. The van der Waals surface area contributed by atoms with Crippen LogP contribution in [0.1, 0.15) is 23.6 Å². The number of hydrogen-bond acceptors (Lipinski definition) is 4. The fourth-order valence-corrected chi connectivity index (χ4v) is 3.23. The highest BCUT2D eigenvalue weighted by Crippen LogP contribution is 2.36. The minimum absolute atomic E-state index is 0.0320. The topological polar surface area (TPSA) is 63.7 Å². The van der Waals surface area contributed by atoms with E-state index in [1.807, 2.05) is 37.3 Å². The fourth-order valence-electron chi connectivity index (χ4n) is 2.28. The quantitative estimate of drug-likeness (QED) is 0.813. The zero-order chi connectivity index (χ0) is 15.7. The molecule has 3 rings (SSSR count). The van der Waals surface area contributed by atoms with Crippen molar-refractivity contribution >= 4 is 16.0 Å². The molecular weight excluding hydrogens is 302 g/mol. The highest BCUT2D eigenvalue weighted by atomic mass is 32.2. The number of aryl methyl sites for hydroxylation is 1. The lowest BCUT2D eigenvalue weighted by Crippen LogP contribution is -2.47. The van der Waals surface area contributed by atoms with Crippen molar-refractivity contribution in [2.45, 2.75) is 24.3 Å². The molecule has 2 aromatic carbocycles. The van der Waals surface area contributed by atoms with Crippen LogP contribution in [-0.4, -0.2) is 19.4 Å². The second-order valence-corrected chi connectivity index (χ2v) is 6.72. The van der Waals surface area contributed by atoms with Crippen LogP contribution in [0.25, 0.3) is 0 Å². The Morgan fingerprint density at radius 1 is 1.05 bits per heavy atom. The molecule has 1 atom stereocenters. The molecule has 6 heteroatoms. The number of carbonyl (C=O) groups is 1. The van der Waals surface area contributed by atoms with Crippen LogP contribution >= 0.6 is 0 Å². The monoisotopic (exact) mass is 317 g/mol. The number of β-lactam (4-membered cyclic amide) rings is 1. The summed E-state index contributed by atoms with van der Waals surface area (Å²) in [5.41, 5.74) is 1.79. The molecule has 1 saturated heterocycles. The van der Waals surface area contributed by atoms with Crippen LogP contribution < -0.4 is 0 Å². The Labute approximate surface area is 129 Å². The molecule has 1 heterocycles. The molecule has 1 aliphatic heterocycles. The average molecular weight is 317 g/mol. The predicted octanol–water partition coefficient (Wildman–Crippen LogP) is 2.59. The average Bonchev–Trinajstić information content (AvgIpc) is 2.52. The van der Waals surface area contributed by atoms with Crippen molar-refractivity contribution < 1.29 is 17.5 Å². The number of hydrogen-bond donors (Lipinski definition) is 0. The van der Waals surface area contributed by atoms with Gasteiger partial charge >= 0.3 is 10.1 Å². The normalized spacial score (nSPS) is 18.1. The van der Waals surface area contributed by atoms with E-state index in [-0.39, 0.29) is 23.3 Å². The third-order valence-electron chi connectivity index (χ3n) is 3.57. The molecule has 114 valence electrons. The molecule has 0 bridgehead atoms. The lowest BCUT2D eigenvalue weighted by atomic mass is 9.97. The Balaban J connectivity index is 1.82. The van der Waals surface area contributed by atoms with Gasteiger partial charge in [-0.3, -0.25) is 4.79 Å². The van der Waals surface area contributed by atoms with Crippen LogP contribution in [0, 0.1) is 6.92 Å². The van der Waals surface area contributed by atoms with Crippen LogP contribution in [0.2, 0.25) is 0 Å². The highest BCUT2D eigenvalue weighted by molar-refractivity contribution is 7.86. The number of amides is 1. The van der Waals surface area contributed by atoms with Crippen LogP contribution in [0.4, 0.5) is 0 Å². The Hall–Kier alpha value is -2.18. The summed E-state index contributed by atoms with van der Waals surface area (Å²) in [7, 11) is -4.01. The van der Waals surface area contributed by atoms with Gasteiger partial charge < -0.3 is 0 Å². The summed E-state index contributed by atoms with van der Waals surface area (Å²) in [5, 5.41) is 0.935. The smallest absolute Gasteiger partial charge is 0.272 e. The highest BCUT2D eigenvalue weighted by Gasteiger charge is 2.41. The largest absolute Gasteiger partial charge is 0.317 e. The van der Waals surface area contributed by atoms with Crippen molar-refractivity contribution in [1.29, 1.82) is 0 Å². The maximum atomic E-state index is 12.3. The van der Waals surface area contributed by atoms with E-state index in [1.165, 1.54) is 12.1 Å². The molecule has 0 saturated carbocycles. The number of hydroxylamine groups is 2. The summed E-state index contributed by atoms with van der Waals surface area (Å²) in [6, 6.07) is 15.1. The van der Waals surface area contributed by atoms with E-state index < -0.39 is 10.1 Å². The van der Waals surface area contributed by atoms with Gasteiger partial charge in [0.25, 0.3) is 0 Å². The van der Waals surface area contributed by atoms with E-state index in [0.717, 1.165) is 16.2 Å². The maximum absolute atomic E-state index is 12.3. The minimum Gasteiger partial charge on any atom is -0.272 e. The molecule has 5 nitrogen and oxygen atoms in total. The molecule has 0 spiro atoms. The van der Waals surface area contributed by atoms with E-state index in [0.29, 0.717) is 0 Å². The summed E-state index contributed by atoms with van der Waals surface area (Å²) in [6.45, 7) is 1.86. The van der Waals surface area contributed by atoms with Gasteiger partial charge in [0, 0.05) is 0 Å². The van der Waals surface area contributed by atoms with E-state index in [1.54, 1.807) is 12.1 Å². The van der Waals surface area contributed by atoms with Crippen LogP contribution in [0.5, 0.6) is 0 Å². The molecular formula is C16H15NO4S. The molecule has 0 aromatic heterocycles. The fraction of sp³-hybridized carbons (Fsp3) is 0.188. The third-order valence-corrected chi connectivity index (χ3v) is 4.78. The number of nitrogens with zero attached hydrogens (tertiary/aromatic N) is 1. The molecule has 1 fully saturated rings. The Kier molecular flexibility index (Phi) is 3.72. The van der Waals surface area contributed by atoms with E-state index in [4.69, 9.17) is 4.28 Å². The van der Waals surface area contributed by atoms with Gasteiger partial charge in [-0.2, -0.15) is 13.5 Å². The van der Waals surface area contributed by atoms with Crippen molar-refractivity contribution in [3.63, 3.8) is 0 Å². The van der Waals surface area contributed by atoms with Crippen LogP contribution in [-0.2, 0) is 19.2 Å². The lowest BCUT2D eigenvalue weighted by molar-refractivity contribution is -0.189. The Morgan fingerprint density at radius 3 is 2.27 bits per heavy atom. The Bertz CT molecular complexity index is 785. The van der Waals surface area contributed by atoms with Gasteiger partial charge in [0.05, 0.1) is 17.4 Å². The summed E-state index contributed by atoms with van der Waals surface area (Å²) >= 11 is 0.